The fraction of sp³-hybridized carbons (Fsp3) is 0.629. The Morgan fingerprint density at radius 2 is 1.46 bits per heavy atom. The number of para-hydroxylation sites is 1. The van der Waals surface area contributed by atoms with Crippen molar-refractivity contribution in [3.05, 3.63) is 29.8 Å². The fourth-order valence-electron chi connectivity index (χ4n) is 8.44. The highest BCUT2D eigenvalue weighted by molar-refractivity contribution is 5.99. The molecule has 280 valence electrons. The summed E-state index contributed by atoms with van der Waals surface area (Å²) in [6, 6.07) is 0.565. The van der Waals surface area contributed by atoms with E-state index in [2.05, 4.69) is 26.6 Å². The van der Waals surface area contributed by atoms with Crippen LogP contribution in [0.4, 0.5) is 5.69 Å². The van der Waals surface area contributed by atoms with E-state index < -0.39 is 89.4 Å². The summed E-state index contributed by atoms with van der Waals surface area (Å²) in [5.74, 6) is -3.80. The van der Waals surface area contributed by atoms with Gasteiger partial charge in [0, 0.05) is 44.0 Å². The SMILES string of the molecule is CC(C)C1NC(=O)C2CC3(O)c4ccccc4NC3N2C(=O)C2CCCNN2C(=O)C(C)N(C)C(=O)C2CCC=NN2C(=O)C2CCCNN2C1=O. The number of carbonyl (C=O) groups excluding carboxylic acids is 6. The highest BCUT2D eigenvalue weighted by Crippen LogP contribution is 2.49. The number of likely N-dealkylation sites (N-methyl/N-ethyl adjacent to an activating group) is 1. The fourth-order valence-corrected chi connectivity index (χ4v) is 8.44. The molecule has 1 aromatic carbocycles. The molecular formula is C35H48N10O7. The predicted molar refractivity (Wildman–Crippen MR) is 186 cm³/mol. The molecule has 0 bridgehead atoms. The van der Waals surface area contributed by atoms with Gasteiger partial charge < -0.3 is 25.5 Å². The van der Waals surface area contributed by atoms with Gasteiger partial charge in [0.1, 0.15) is 48.0 Å². The summed E-state index contributed by atoms with van der Waals surface area (Å²) < 4.78 is 0. The summed E-state index contributed by atoms with van der Waals surface area (Å²) in [5, 5.41) is 26.3. The number of aliphatic hydroxyl groups is 1. The smallest absolute Gasteiger partial charge is 0.267 e. The molecule has 17 nitrogen and oxygen atoms in total. The molecule has 0 aromatic heterocycles. The van der Waals surface area contributed by atoms with Crippen LogP contribution in [0.2, 0.25) is 0 Å². The van der Waals surface area contributed by atoms with Crippen LogP contribution in [-0.4, -0.2) is 134 Å². The number of amides is 6. The monoisotopic (exact) mass is 720 g/mol. The lowest BCUT2D eigenvalue weighted by Crippen LogP contribution is -2.67. The summed E-state index contributed by atoms with van der Waals surface area (Å²) in [7, 11) is 1.48. The Hall–Kier alpha value is -4.61. The Balaban J connectivity index is 1.32. The van der Waals surface area contributed by atoms with Crippen LogP contribution in [0.25, 0.3) is 0 Å². The van der Waals surface area contributed by atoms with Crippen molar-refractivity contribution >= 4 is 47.3 Å². The molecule has 1 aromatic rings. The Labute approximate surface area is 302 Å². The molecule has 4 fully saturated rings. The van der Waals surface area contributed by atoms with Gasteiger partial charge in [-0.15, -0.1) is 0 Å². The van der Waals surface area contributed by atoms with Gasteiger partial charge in [-0.25, -0.2) is 15.9 Å². The van der Waals surface area contributed by atoms with Crippen molar-refractivity contribution in [3.8, 4) is 0 Å². The van der Waals surface area contributed by atoms with E-state index in [0.29, 0.717) is 50.0 Å². The van der Waals surface area contributed by atoms with Gasteiger partial charge in [0.15, 0.2) is 0 Å². The van der Waals surface area contributed by atoms with E-state index in [0.717, 1.165) is 5.01 Å². The van der Waals surface area contributed by atoms with E-state index in [9.17, 15) is 33.9 Å². The molecule has 6 heterocycles. The molecule has 0 saturated carbocycles. The van der Waals surface area contributed by atoms with Crippen molar-refractivity contribution in [3.63, 3.8) is 0 Å². The zero-order valence-corrected chi connectivity index (χ0v) is 29.9. The lowest BCUT2D eigenvalue weighted by Gasteiger charge is -2.43. The number of hydrazone groups is 1. The van der Waals surface area contributed by atoms with Gasteiger partial charge in [-0.1, -0.05) is 32.0 Å². The highest BCUT2D eigenvalue weighted by atomic mass is 16.3. The molecule has 4 saturated heterocycles. The molecule has 6 aliphatic rings. The second-order valence-corrected chi connectivity index (χ2v) is 15.0. The lowest BCUT2D eigenvalue weighted by atomic mass is 9.91. The Kier molecular flexibility index (Phi) is 9.46. The van der Waals surface area contributed by atoms with Crippen LogP contribution in [0.5, 0.6) is 0 Å². The van der Waals surface area contributed by atoms with E-state index >= 15 is 0 Å². The molecule has 0 spiro atoms. The third-order valence-corrected chi connectivity index (χ3v) is 11.5. The van der Waals surface area contributed by atoms with Crippen LogP contribution < -0.4 is 21.5 Å². The molecule has 17 heteroatoms. The van der Waals surface area contributed by atoms with Crippen molar-refractivity contribution in [1.29, 1.82) is 0 Å². The third kappa shape index (κ3) is 5.78. The van der Waals surface area contributed by atoms with Crippen LogP contribution >= 0.6 is 0 Å². The minimum atomic E-state index is -1.65. The maximum Gasteiger partial charge on any atom is 0.267 e. The molecule has 7 rings (SSSR count). The zero-order chi connectivity index (χ0) is 37.1. The summed E-state index contributed by atoms with van der Waals surface area (Å²) in [5.41, 5.74) is 5.60. The standard InChI is InChI=1S/C35H48N10O7/c1-19(2)27-33(51)45-25(14-9-17-38-45)32(50)44-23(12-7-16-37-44)30(48)41(4)20(3)29(47)43-24(13-8-15-36-43)31(49)42-26(28(46)40-27)18-35(52)21-10-5-6-11-22(21)39-34(35)42/h5-6,10-11,16,19-20,23-27,34,36,38-39,52H,7-9,12-15,17-18H2,1-4H3,(H,40,46). The van der Waals surface area contributed by atoms with Gasteiger partial charge in [-0.3, -0.25) is 38.8 Å². The number of nitrogens with zero attached hydrogens (tertiary/aromatic N) is 6. The minimum absolute atomic E-state index is 0.169. The van der Waals surface area contributed by atoms with E-state index in [1.165, 1.54) is 26.9 Å². The largest absolute Gasteiger partial charge is 0.381 e. The molecule has 0 aliphatic carbocycles. The molecule has 8 unspecified atom stereocenters. The number of hydrogen-bond acceptors (Lipinski definition) is 11. The highest BCUT2D eigenvalue weighted by Gasteiger charge is 2.61. The Morgan fingerprint density at radius 3 is 2.15 bits per heavy atom. The second-order valence-electron chi connectivity index (χ2n) is 15.0. The quantitative estimate of drug-likeness (QED) is 0.245. The molecule has 8 atom stereocenters. The zero-order valence-electron chi connectivity index (χ0n) is 29.9. The van der Waals surface area contributed by atoms with Gasteiger partial charge in [-0.05, 0) is 57.4 Å². The number of nitrogens with one attached hydrogen (secondary N) is 4. The molecule has 0 radical (unpaired) electrons. The Bertz CT molecular complexity index is 1690. The first-order chi connectivity index (χ1) is 24.8. The molecule has 52 heavy (non-hydrogen) atoms. The maximum absolute atomic E-state index is 14.9. The number of fused-ring (bicyclic) bond motifs is 8. The van der Waals surface area contributed by atoms with Crippen molar-refractivity contribution in [1.82, 2.24) is 41.0 Å². The maximum atomic E-state index is 14.9. The molecule has 5 N–H and O–H groups in total. The van der Waals surface area contributed by atoms with E-state index in [1.54, 1.807) is 51.3 Å². The average molecular weight is 721 g/mol. The predicted octanol–water partition coefficient (Wildman–Crippen LogP) is -0.804. The van der Waals surface area contributed by atoms with Crippen molar-refractivity contribution in [2.45, 2.75) is 114 Å². The lowest BCUT2D eigenvalue weighted by molar-refractivity contribution is -0.163. The van der Waals surface area contributed by atoms with Crippen LogP contribution in [0.1, 0.15) is 71.3 Å². The molecule has 6 aliphatic heterocycles. The summed E-state index contributed by atoms with van der Waals surface area (Å²) >= 11 is 0. The van der Waals surface area contributed by atoms with E-state index in [-0.39, 0.29) is 19.3 Å². The van der Waals surface area contributed by atoms with Gasteiger partial charge in [0.25, 0.3) is 17.7 Å². The van der Waals surface area contributed by atoms with Crippen LogP contribution in [0, 0.1) is 5.92 Å². The third-order valence-electron chi connectivity index (χ3n) is 11.5. The summed E-state index contributed by atoms with van der Waals surface area (Å²) in [4.78, 5) is 89.0. The van der Waals surface area contributed by atoms with Crippen molar-refractivity contribution in [2.75, 3.05) is 25.5 Å². The number of hydrogen-bond donors (Lipinski definition) is 5. The number of carbonyl (C=O) groups is 6. The van der Waals surface area contributed by atoms with Crippen molar-refractivity contribution in [2.24, 2.45) is 11.0 Å². The Morgan fingerprint density at radius 1 is 0.808 bits per heavy atom. The second kappa shape index (κ2) is 13.7. The van der Waals surface area contributed by atoms with Gasteiger partial charge in [0.2, 0.25) is 17.7 Å². The number of benzene rings is 1. The first-order valence-electron chi connectivity index (χ1n) is 18.3. The molecule has 6 amide bonds. The summed E-state index contributed by atoms with van der Waals surface area (Å²) in [6.45, 7) is 5.89. The molecular weight excluding hydrogens is 672 g/mol. The van der Waals surface area contributed by atoms with Crippen LogP contribution in [0.3, 0.4) is 0 Å². The topological polar surface area (TPSA) is 199 Å². The van der Waals surface area contributed by atoms with Gasteiger partial charge >= 0.3 is 0 Å². The van der Waals surface area contributed by atoms with E-state index in [4.69, 9.17) is 0 Å². The van der Waals surface area contributed by atoms with Gasteiger partial charge in [0.05, 0.1) is 0 Å². The normalized spacial score (nSPS) is 34.5. The van der Waals surface area contributed by atoms with Gasteiger partial charge in [-0.2, -0.15) is 5.10 Å². The van der Waals surface area contributed by atoms with E-state index in [1.807, 2.05) is 0 Å². The number of rotatable bonds is 1. The first kappa shape index (κ1) is 35.8. The minimum Gasteiger partial charge on any atom is -0.381 e. The first-order valence-corrected chi connectivity index (χ1v) is 18.3. The summed E-state index contributed by atoms with van der Waals surface area (Å²) in [6.07, 6.45) is 2.70. The van der Waals surface area contributed by atoms with Crippen LogP contribution in [-0.2, 0) is 34.4 Å². The number of hydrazine groups is 2. The average Bonchev–Trinajstić information content (AvgIpc) is 3.62. The number of anilines is 1. The van der Waals surface area contributed by atoms with Crippen molar-refractivity contribution < 1.29 is 33.9 Å². The van der Waals surface area contributed by atoms with Crippen LogP contribution in [0.15, 0.2) is 29.4 Å².